The molecule has 0 unspecified atom stereocenters. The highest BCUT2D eigenvalue weighted by Gasteiger charge is 2.17. The van der Waals surface area contributed by atoms with Gasteiger partial charge in [-0.25, -0.2) is 0 Å². The molecule has 0 aliphatic carbocycles. The highest BCUT2D eigenvalue weighted by molar-refractivity contribution is 7.99. The predicted molar refractivity (Wildman–Crippen MR) is 98.9 cm³/mol. The summed E-state index contributed by atoms with van der Waals surface area (Å²) in [5, 5.41) is 0. The Morgan fingerprint density at radius 1 is 1.14 bits per heavy atom. The number of benzene rings is 1. The van der Waals surface area contributed by atoms with Crippen LogP contribution in [0.4, 0.5) is 5.69 Å². The van der Waals surface area contributed by atoms with E-state index in [2.05, 4.69) is 44.1 Å². The van der Waals surface area contributed by atoms with Gasteiger partial charge in [0.15, 0.2) is 0 Å². The van der Waals surface area contributed by atoms with Gasteiger partial charge in [0.25, 0.3) is 5.91 Å². The molecule has 0 bridgehead atoms. The second-order valence-corrected chi connectivity index (χ2v) is 6.85. The first-order valence-corrected chi connectivity index (χ1v) is 9.34. The highest BCUT2D eigenvalue weighted by Crippen LogP contribution is 2.27. The molecule has 0 N–H and O–H groups in total. The van der Waals surface area contributed by atoms with Crippen molar-refractivity contribution in [1.82, 2.24) is 4.90 Å². The van der Waals surface area contributed by atoms with Crippen LogP contribution in [0.5, 0.6) is 0 Å². The minimum atomic E-state index is 0.155. The Hall–Kier alpha value is -1.16. The van der Waals surface area contributed by atoms with Gasteiger partial charge in [0, 0.05) is 37.6 Å². The van der Waals surface area contributed by atoms with Gasteiger partial charge >= 0.3 is 0 Å². The molecular formula is C18H30N2OS. The molecule has 0 aromatic heterocycles. The van der Waals surface area contributed by atoms with E-state index >= 15 is 0 Å². The topological polar surface area (TPSA) is 23.6 Å². The van der Waals surface area contributed by atoms with Crippen LogP contribution in [-0.2, 0) is 0 Å². The van der Waals surface area contributed by atoms with Gasteiger partial charge in [-0.05, 0) is 42.5 Å². The molecule has 3 nitrogen and oxygen atoms in total. The molecule has 0 fully saturated rings. The molecule has 0 saturated carbocycles. The van der Waals surface area contributed by atoms with E-state index in [-0.39, 0.29) is 5.91 Å². The van der Waals surface area contributed by atoms with Crippen molar-refractivity contribution in [3.63, 3.8) is 0 Å². The van der Waals surface area contributed by atoms with Crippen LogP contribution in [0.2, 0.25) is 0 Å². The lowest BCUT2D eigenvalue weighted by atomic mass is 9.99. The van der Waals surface area contributed by atoms with Crippen molar-refractivity contribution in [1.29, 1.82) is 0 Å². The molecule has 22 heavy (non-hydrogen) atoms. The maximum atomic E-state index is 12.9. The van der Waals surface area contributed by atoms with E-state index in [1.54, 1.807) is 11.9 Å². The Labute approximate surface area is 140 Å². The molecule has 0 radical (unpaired) electrons. The van der Waals surface area contributed by atoms with E-state index in [4.69, 9.17) is 0 Å². The quantitative estimate of drug-likeness (QED) is 0.643. The lowest BCUT2D eigenvalue weighted by Gasteiger charge is -2.24. The number of anilines is 1. The lowest BCUT2D eigenvalue weighted by molar-refractivity contribution is 0.0755. The second kappa shape index (κ2) is 9.09. The van der Waals surface area contributed by atoms with Crippen molar-refractivity contribution < 1.29 is 4.79 Å². The number of carbonyl (C=O) groups excluding carboxylic acids is 1. The molecule has 0 heterocycles. The smallest absolute Gasteiger partial charge is 0.253 e. The van der Waals surface area contributed by atoms with Crippen LogP contribution < -0.4 is 4.31 Å². The zero-order chi connectivity index (χ0) is 16.7. The fourth-order valence-corrected chi connectivity index (χ4v) is 2.73. The van der Waals surface area contributed by atoms with Gasteiger partial charge in [0.1, 0.15) is 0 Å². The van der Waals surface area contributed by atoms with Gasteiger partial charge in [-0.3, -0.25) is 4.79 Å². The number of hydrogen-bond donors (Lipinski definition) is 0. The Kier molecular flexibility index (Phi) is 7.80. The van der Waals surface area contributed by atoms with Crippen molar-refractivity contribution in [2.45, 2.75) is 46.5 Å². The van der Waals surface area contributed by atoms with Crippen molar-refractivity contribution in [2.24, 2.45) is 0 Å². The summed E-state index contributed by atoms with van der Waals surface area (Å²) in [4.78, 5) is 14.8. The molecule has 0 saturated heterocycles. The Morgan fingerprint density at radius 3 is 2.18 bits per heavy atom. The number of carbonyl (C=O) groups is 1. The van der Waals surface area contributed by atoms with Crippen molar-refractivity contribution in [2.75, 3.05) is 30.7 Å². The summed E-state index contributed by atoms with van der Waals surface area (Å²) in [5.74, 6) is 0.564. The third kappa shape index (κ3) is 4.94. The largest absolute Gasteiger partial charge is 0.339 e. The number of nitrogens with zero attached hydrogens (tertiary/aromatic N) is 2. The molecule has 0 atom stereocenters. The third-order valence-corrected chi connectivity index (χ3v) is 4.52. The Morgan fingerprint density at radius 2 is 1.73 bits per heavy atom. The van der Waals surface area contributed by atoms with Crippen LogP contribution in [-0.4, -0.2) is 37.2 Å². The number of rotatable bonds is 8. The standard InChI is InChI=1S/C18H30N2OS/c1-7-9-20(10-8-2)18(21)16-11-15(14(3)4)12-17(13-16)19(5)22-6/h11-14H,7-10H2,1-6H3. The number of hydrogen-bond acceptors (Lipinski definition) is 3. The summed E-state index contributed by atoms with van der Waals surface area (Å²) < 4.78 is 2.10. The van der Waals surface area contributed by atoms with Crippen LogP contribution in [0.25, 0.3) is 0 Å². The van der Waals surface area contributed by atoms with Crippen LogP contribution in [0.1, 0.15) is 62.4 Å². The Balaban J connectivity index is 3.20. The summed E-state index contributed by atoms with van der Waals surface area (Å²) in [6, 6.07) is 6.26. The SMILES string of the molecule is CCCN(CCC)C(=O)c1cc(C(C)C)cc(N(C)SC)c1. The molecule has 1 rings (SSSR count). The minimum Gasteiger partial charge on any atom is -0.339 e. The molecule has 0 aliphatic heterocycles. The molecule has 4 heteroatoms. The molecule has 0 aliphatic rings. The van der Waals surface area contributed by atoms with E-state index in [0.717, 1.165) is 37.2 Å². The normalized spacial score (nSPS) is 10.9. The summed E-state index contributed by atoms with van der Waals surface area (Å²) >= 11 is 1.66. The van der Waals surface area contributed by atoms with Gasteiger partial charge in [-0.2, -0.15) is 0 Å². The van der Waals surface area contributed by atoms with Gasteiger partial charge in [-0.1, -0.05) is 39.6 Å². The summed E-state index contributed by atoms with van der Waals surface area (Å²) in [7, 11) is 2.04. The molecule has 1 aromatic carbocycles. The van der Waals surface area contributed by atoms with Crippen molar-refractivity contribution in [3.05, 3.63) is 29.3 Å². The fraction of sp³-hybridized carbons (Fsp3) is 0.611. The summed E-state index contributed by atoms with van der Waals surface area (Å²) in [6.07, 6.45) is 4.03. The lowest BCUT2D eigenvalue weighted by Crippen LogP contribution is -2.32. The summed E-state index contributed by atoms with van der Waals surface area (Å²) in [6.45, 7) is 10.2. The first kappa shape index (κ1) is 18.9. The minimum absolute atomic E-state index is 0.155. The van der Waals surface area contributed by atoms with Crippen molar-refractivity contribution in [3.8, 4) is 0 Å². The van der Waals surface area contributed by atoms with Gasteiger partial charge in [0.05, 0.1) is 0 Å². The van der Waals surface area contributed by atoms with Crippen molar-refractivity contribution >= 4 is 23.5 Å². The molecule has 1 aromatic rings. The summed E-state index contributed by atoms with van der Waals surface area (Å²) in [5.41, 5.74) is 3.12. The average Bonchev–Trinajstić information content (AvgIpc) is 2.52. The third-order valence-electron chi connectivity index (χ3n) is 3.77. The maximum Gasteiger partial charge on any atom is 0.253 e. The second-order valence-electron chi connectivity index (χ2n) is 5.94. The Bertz CT molecular complexity index is 482. The van der Waals surface area contributed by atoms with Crippen LogP contribution >= 0.6 is 11.9 Å². The zero-order valence-corrected chi connectivity index (χ0v) is 15.7. The van der Waals surface area contributed by atoms with E-state index in [1.807, 2.05) is 24.3 Å². The molecule has 1 amide bonds. The fourth-order valence-electron chi connectivity index (χ4n) is 2.42. The molecule has 124 valence electrons. The van der Waals surface area contributed by atoms with Crippen LogP contribution in [0.3, 0.4) is 0 Å². The van der Waals surface area contributed by atoms with Gasteiger partial charge < -0.3 is 9.21 Å². The van der Waals surface area contributed by atoms with E-state index in [0.29, 0.717) is 5.92 Å². The monoisotopic (exact) mass is 322 g/mol. The van der Waals surface area contributed by atoms with Gasteiger partial charge in [0.2, 0.25) is 0 Å². The maximum absolute atomic E-state index is 12.9. The number of amides is 1. The molecule has 0 spiro atoms. The predicted octanol–water partition coefficient (Wildman–Crippen LogP) is 4.79. The van der Waals surface area contributed by atoms with E-state index < -0.39 is 0 Å². The zero-order valence-electron chi connectivity index (χ0n) is 14.8. The highest BCUT2D eigenvalue weighted by atomic mass is 32.2. The van der Waals surface area contributed by atoms with Gasteiger partial charge in [-0.15, -0.1) is 0 Å². The van der Waals surface area contributed by atoms with Crippen LogP contribution in [0.15, 0.2) is 18.2 Å². The van der Waals surface area contributed by atoms with Crippen LogP contribution in [0, 0.1) is 0 Å². The molecular weight excluding hydrogens is 292 g/mol. The first-order valence-electron chi connectivity index (χ1n) is 8.16. The van der Waals surface area contributed by atoms with E-state index in [1.165, 1.54) is 5.56 Å². The van der Waals surface area contributed by atoms with E-state index in [9.17, 15) is 4.79 Å². The average molecular weight is 323 g/mol. The first-order chi connectivity index (χ1) is 10.4.